The molecule has 0 saturated carbocycles. The van der Waals surface area contributed by atoms with Gasteiger partial charge in [0.25, 0.3) is 0 Å². The van der Waals surface area contributed by atoms with Gasteiger partial charge in [0.1, 0.15) is 5.76 Å². The first-order valence-electron chi connectivity index (χ1n) is 5.44. The summed E-state index contributed by atoms with van der Waals surface area (Å²) in [5, 5.41) is 0.970. The molecule has 86 valence electrons. The number of furan rings is 1. The maximum Gasteiger partial charge on any atom is 0.162 e. The van der Waals surface area contributed by atoms with Gasteiger partial charge >= 0.3 is 0 Å². The van der Waals surface area contributed by atoms with E-state index in [9.17, 15) is 0 Å². The zero-order valence-electron chi connectivity index (χ0n) is 9.62. The quantitative estimate of drug-likeness (QED) is 0.888. The van der Waals surface area contributed by atoms with Gasteiger partial charge in [-0.2, -0.15) is 0 Å². The van der Waals surface area contributed by atoms with Crippen molar-refractivity contribution in [1.82, 2.24) is 4.98 Å². The van der Waals surface area contributed by atoms with Crippen LogP contribution < -0.4 is 5.73 Å². The van der Waals surface area contributed by atoms with Crippen molar-refractivity contribution >= 4 is 11.3 Å². The second-order valence-electron chi connectivity index (χ2n) is 3.83. The highest BCUT2D eigenvalue weighted by Crippen LogP contribution is 2.29. The van der Waals surface area contributed by atoms with Gasteiger partial charge in [0.05, 0.1) is 5.69 Å². The predicted octanol–water partition coefficient (Wildman–Crippen LogP) is 2.91. The Morgan fingerprint density at radius 1 is 1.38 bits per heavy atom. The highest BCUT2D eigenvalue weighted by atomic mass is 32.1. The predicted molar refractivity (Wildman–Crippen MR) is 66.7 cm³/mol. The minimum absolute atomic E-state index is 0.729. The van der Waals surface area contributed by atoms with E-state index in [0.29, 0.717) is 0 Å². The van der Waals surface area contributed by atoms with Crippen LogP contribution >= 0.6 is 11.3 Å². The number of rotatable bonds is 4. The van der Waals surface area contributed by atoms with Crippen molar-refractivity contribution in [1.29, 1.82) is 0 Å². The van der Waals surface area contributed by atoms with E-state index in [2.05, 4.69) is 4.98 Å². The summed E-state index contributed by atoms with van der Waals surface area (Å²) in [4.78, 5) is 5.85. The Labute approximate surface area is 99.3 Å². The molecule has 2 heterocycles. The summed E-state index contributed by atoms with van der Waals surface area (Å²) in [5.41, 5.74) is 6.61. The molecule has 3 nitrogen and oxygen atoms in total. The number of aryl methyl sites for hydroxylation is 3. The molecule has 0 aliphatic carbocycles. The fourth-order valence-corrected chi connectivity index (χ4v) is 2.64. The van der Waals surface area contributed by atoms with Gasteiger partial charge in [-0.05, 0) is 45.4 Å². The lowest BCUT2D eigenvalue weighted by molar-refractivity contribution is 0.548. The van der Waals surface area contributed by atoms with E-state index in [1.54, 1.807) is 11.3 Å². The molecule has 0 aliphatic rings. The Morgan fingerprint density at radius 3 is 2.81 bits per heavy atom. The third-order valence-electron chi connectivity index (χ3n) is 2.45. The van der Waals surface area contributed by atoms with Crippen LogP contribution in [0.2, 0.25) is 0 Å². The molecule has 2 N–H and O–H groups in total. The van der Waals surface area contributed by atoms with Crippen molar-refractivity contribution in [3.05, 3.63) is 28.5 Å². The second-order valence-corrected chi connectivity index (χ2v) is 4.91. The third kappa shape index (κ3) is 2.33. The summed E-state index contributed by atoms with van der Waals surface area (Å²) in [7, 11) is 0. The van der Waals surface area contributed by atoms with E-state index in [4.69, 9.17) is 10.2 Å². The third-order valence-corrected chi connectivity index (χ3v) is 3.68. The first kappa shape index (κ1) is 11.4. The fraction of sp³-hybridized carbons (Fsp3) is 0.417. The molecule has 0 aromatic carbocycles. The van der Waals surface area contributed by atoms with Gasteiger partial charge in [0, 0.05) is 4.88 Å². The monoisotopic (exact) mass is 236 g/mol. The molecule has 0 aliphatic heterocycles. The van der Waals surface area contributed by atoms with E-state index in [1.165, 1.54) is 4.88 Å². The minimum Gasteiger partial charge on any atom is -0.459 e. The molecule has 16 heavy (non-hydrogen) atoms. The summed E-state index contributed by atoms with van der Waals surface area (Å²) in [6.45, 7) is 4.72. The van der Waals surface area contributed by atoms with Crippen LogP contribution in [0.4, 0.5) is 0 Å². The summed E-state index contributed by atoms with van der Waals surface area (Å²) in [6, 6.07) is 3.94. The van der Waals surface area contributed by atoms with Crippen LogP contribution in [0.3, 0.4) is 0 Å². The number of aromatic nitrogens is 1. The van der Waals surface area contributed by atoms with E-state index in [-0.39, 0.29) is 0 Å². The van der Waals surface area contributed by atoms with Crippen LogP contribution in [-0.2, 0) is 6.42 Å². The lowest BCUT2D eigenvalue weighted by atomic mass is 10.2. The Bertz CT molecular complexity index is 473. The Hall–Kier alpha value is -1.13. The number of nitrogens with two attached hydrogens (primary N) is 1. The van der Waals surface area contributed by atoms with Crippen molar-refractivity contribution in [3.63, 3.8) is 0 Å². The van der Waals surface area contributed by atoms with Gasteiger partial charge < -0.3 is 10.2 Å². The van der Waals surface area contributed by atoms with Crippen molar-refractivity contribution in [3.8, 4) is 10.8 Å². The van der Waals surface area contributed by atoms with Crippen LogP contribution in [-0.4, -0.2) is 11.5 Å². The lowest BCUT2D eigenvalue weighted by Gasteiger charge is -1.94. The van der Waals surface area contributed by atoms with Crippen molar-refractivity contribution in [2.24, 2.45) is 5.73 Å². The summed E-state index contributed by atoms with van der Waals surface area (Å²) >= 11 is 1.71. The van der Waals surface area contributed by atoms with Crippen LogP contribution in [0.15, 0.2) is 16.5 Å². The standard InChI is InChI=1S/C12H16N2OS/c1-8-5-6-10(15-8)12-14-9(2)11(16-12)4-3-7-13/h5-6H,3-4,7,13H2,1-2H3. The Morgan fingerprint density at radius 2 is 2.19 bits per heavy atom. The highest BCUT2D eigenvalue weighted by molar-refractivity contribution is 7.15. The normalized spacial score (nSPS) is 10.9. The smallest absolute Gasteiger partial charge is 0.162 e. The zero-order valence-corrected chi connectivity index (χ0v) is 10.4. The minimum atomic E-state index is 0.729. The largest absolute Gasteiger partial charge is 0.459 e. The van der Waals surface area contributed by atoms with Gasteiger partial charge in [-0.3, -0.25) is 0 Å². The topological polar surface area (TPSA) is 52.0 Å². The van der Waals surface area contributed by atoms with E-state index in [0.717, 1.165) is 41.6 Å². The molecular weight excluding hydrogens is 220 g/mol. The number of nitrogens with zero attached hydrogens (tertiary/aromatic N) is 1. The molecule has 0 fully saturated rings. The molecular formula is C12H16N2OS. The molecule has 0 bridgehead atoms. The molecule has 0 radical (unpaired) electrons. The second kappa shape index (κ2) is 4.80. The summed E-state index contributed by atoms with van der Waals surface area (Å²) < 4.78 is 5.57. The zero-order chi connectivity index (χ0) is 11.5. The molecule has 2 aromatic heterocycles. The van der Waals surface area contributed by atoms with E-state index >= 15 is 0 Å². The summed E-state index contributed by atoms with van der Waals surface area (Å²) in [5.74, 6) is 1.79. The van der Waals surface area contributed by atoms with Crippen LogP contribution in [0, 0.1) is 13.8 Å². The maximum absolute atomic E-state index is 5.57. The molecule has 0 atom stereocenters. The highest BCUT2D eigenvalue weighted by Gasteiger charge is 2.11. The van der Waals surface area contributed by atoms with Gasteiger partial charge in [0.2, 0.25) is 0 Å². The van der Waals surface area contributed by atoms with Gasteiger partial charge in [-0.25, -0.2) is 4.98 Å². The van der Waals surface area contributed by atoms with Crippen molar-refractivity contribution in [2.75, 3.05) is 6.54 Å². The molecule has 0 saturated heterocycles. The van der Waals surface area contributed by atoms with Gasteiger partial charge in [-0.1, -0.05) is 0 Å². The van der Waals surface area contributed by atoms with Crippen LogP contribution in [0.1, 0.15) is 22.8 Å². The van der Waals surface area contributed by atoms with Gasteiger partial charge in [0.15, 0.2) is 10.8 Å². The number of hydrogen-bond donors (Lipinski definition) is 1. The summed E-state index contributed by atoms with van der Waals surface area (Å²) in [6.07, 6.45) is 2.03. The Kier molecular flexibility index (Phi) is 3.41. The number of thiazole rings is 1. The first-order chi connectivity index (χ1) is 7.70. The van der Waals surface area contributed by atoms with Crippen LogP contribution in [0.5, 0.6) is 0 Å². The molecule has 2 aromatic rings. The average Bonchev–Trinajstić information content (AvgIpc) is 2.82. The van der Waals surface area contributed by atoms with Crippen molar-refractivity contribution in [2.45, 2.75) is 26.7 Å². The van der Waals surface area contributed by atoms with E-state index in [1.807, 2.05) is 26.0 Å². The molecule has 0 unspecified atom stereocenters. The van der Waals surface area contributed by atoms with Gasteiger partial charge in [-0.15, -0.1) is 11.3 Å². The molecule has 4 heteroatoms. The number of hydrogen-bond acceptors (Lipinski definition) is 4. The first-order valence-corrected chi connectivity index (χ1v) is 6.25. The van der Waals surface area contributed by atoms with E-state index < -0.39 is 0 Å². The maximum atomic E-state index is 5.57. The molecule has 2 rings (SSSR count). The molecule has 0 spiro atoms. The SMILES string of the molecule is Cc1ccc(-c2nc(C)c(CCCN)s2)o1. The fourth-order valence-electron chi connectivity index (χ4n) is 1.58. The average molecular weight is 236 g/mol. The lowest BCUT2D eigenvalue weighted by Crippen LogP contribution is -1.99. The molecule has 0 amide bonds. The Balaban J connectivity index is 2.23. The van der Waals surface area contributed by atoms with Crippen molar-refractivity contribution < 1.29 is 4.42 Å². The van der Waals surface area contributed by atoms with Crippen LogP contribution in [0.25, 0.3) is 10.8 Å².